The Labute approximate surface area is 107 Å². The van der Waals surface area contributed by atoms with Gasteiger partial charge in [0.05, 0.1) is 11.2 Å². The van der Waals surface area contributed by atoms with Crippen molar-refractivity contribution >= 4 is 11.3 Å². The van der Waals surface area contributed by atoms with Crippen molar-refractivity contribution in [2.45, 2.75) is 39.9 Å². The molecule has 0 unspecified atom stereocenters. The fourth-order valence-corrected chi connectivity index (χ4v) is 2.56. The summed E-state index contributed by atoms with van der Waals surface area (Å²) in [5.41, 5.74) is 4.40. The molecule has 0 aromatic carbocycles. The lowest BCUT2D eigenvalue weighted by atomic mass is 10.3. The van der Waals surface area contributed by atoms with Gasteiger partial charge in [-0.1, -0.05) is 6.92 Å². The fraction of sp³-hybridized carbons (Fsp3) is 0.462. The maximum Gasteiger partial charge on any atom is 0.0798 e. The van der Waals surface area contributed by atoms with Crippen LogP contribution < -0.4 is 5.32 Å². The van der Waals surface area contributed by atoms with Crippen LogP contribution in [0.5, 0.6) is 0 Å². The zero-order valence-electron chi connectivity index (χ0n) is 10.4. The number of nitrogens with zero attached hydrogens (tertiary/aromatic N) is 2. The van der Waals surface area contributed by atoms with Crippen LogP contribution in [-0.4, -0.2) is 9.55 Å². The van der Waals surface area contributed by atoms with Crippen molar-refractivity contribution in [2.24, 2.45) is 0 Å². The highest BCUT2D eigenvalue weighted by Crippen LogP contribution is 2.11. The van der Waals surface area contributed by atoms with Crippen molar-refractivity contribution in [3.8, 4) is 0 Å². The summed E-state index contributed by atoms with van der Waals surface area (Å²) in [6, 6.07) is 2.18. The second-order valence-electron chi connectivity index (χ2n) is 4.22. The summed E-state index contributed by atoms with van der Waals surface area (Å²) in [6.45, 7) is 7.20. The van der Waals surface area contributed by atoms with Gasteiger partial charge in [0.15, 0.2) is 0 Å². The van der Waals surface area contributed by atoms with E-state index in [4.69, 9.17) is 0 Å². The predicted molar refractivity (Wildman–Crippen MR) is 72.1 cm³/mol. The summed E-state index contributed by atoms with van der Waals surface area (Å²) < 4.78 is 2.25. The van der Waals surface area contributed by atoms with Gasteiger partial charge < -0.3 is 9.88 Å². The molecule has 2 aromatic rings. The molecule has 2 heterocycles. The molecule has 0 saturated carbocycles. The highest BCUT2D eigenvalue weighted by molar-refractivity contribution is 7.09. The Kier molecular flexibility index (Phi) is 4.34. The van der Waals surface area contributed by atoms with Crippen LogP contribution >= 0.6 is 11.3 Å². The molecule has 92 valence electrons. The molecule has 2 aromatic heterocycles. The van der Waals surface area contributed by atoms with E-state index in [0.29, 0.717) is 0 Å². The number of hydrogen-bond donors (Lipinski definition) is 1. The molecule has 0 aliphatic carbocycles. The summed E-state index contributed by atoms with van der Waals surface area (Å²) in [4.78, 5) is 5.58. The third-order valence-electron chi connectivity index (χ3n) is 2.75. The first-order valence-electron chi connectivity index (χ1n) is 6.04. The molecular formula is C13H19N3S. The number of aryl methyl sites for hydroxylation is 2. The topological polar surface area (TPSA) is 29.9 Å². The minimum atomic E-state index is 0.912. The zero-order chi connectivity index (χ0) is 12.1. The molecule has 1 N–H and O–H groups in total. The molecule has 0 fully saturated rings. The zero-order valence-corrected chi connectivity index (χ0v) is 11.3. The summed E-state index contributed by atoms with van der Waals surface area (Å²) in [7, 11) is 0. The first kappa shape index (κ1) is 12.3. The summed E-state index contributed by atoms with van der Waals surface area (Å²) in [5.74, 6) is 0. The van der Waals surface area contributed by atoms with Gasteiger partial charge in [0.1, 0.15) is 0 Å². The number of aromatic nitrogens is 2. The van der Waals surface area contributed by atoms with Gasteiger partial charge in [0.25, 0.3) is 0 Å². The first-order valence-corrected chi connectivity index (χ1v) is 6.92. The Morgan fingerprint density at radius 1 is 1.41 bits per heavy atom. The van der Waals surface area contributed by atoms with Gasteiger partial charge in [-0.25, -0.2) is 4.98 Å². The molecule has 0 radical (unpaired) electrons. The molecule has 0 saturated heterocycles. The smallest absolute Gasteiger partial charge is 0.0798 e. The fourth-order valence-electron chi connectivity index (χ4n) is 1.81. The summed E-state index contributed by atoms with van der Waals surface area (Å²) in [5, 5.41) is 3.46. The van der Waals surface area contributed by atoms with Crippen molar-refractivity contribution in [2.75, 3.05) is 0 Å². The maximum atomic E-state index is 4.25. The van der Waals surface area contributed by atoms with Crippen molar-refractivity contribution < 1.29 is 0 Å². The molecule has 0 atom stereocenters. The Hall–Kier alpha value is -1.13. The SMILES string of the molecule is CCCn1ccc(CNCc2scnc2C)c1. The van der Waals surface area contributed by atoms with Crippen LogP contribution in [0.2, 0.25) is 0 Å². The predicted octanol–water partition coefficient (Wildman–Crippen LogP) is 2.95. The van der Waals surface area contributed by atoms with Gasteiger partial charge in [0.2, 0.25) is 0 Å². The van der Waals surface area contributed by atoms with Crippen LogP contribution in [0.25, 0.3) is 0 Å². The lowest BCUT2D eigenvalue weighted by molar-refractivity contribution is 0.669. The molecule has 0 amide bonds. The Balaban J connectivity index is 1.80. The lowest BCUT2D eigenvalue weighted by Crippen LogP contribution is -2.12. The largest absolute Gasteiger partial charge is 0.354 e. The van der Waals surface area contributed by atoms with Crippen LogP contribution in [0.3, 0.4) is 0 Å². The van der Waals surface area contributed by atoms with Gasteiger partial charge in [-0.05, 0) is 25.0 Å². The summed E-state index contributed by atoms with van der Waals surface area (Å²) in [6.07, 6.45) is 5.55. The molecule has 17 heavy (non-hydrogen) atoms. The number of nitrogens with one attached hydrogen (secondary N) is 1. The Morgan fingerprint density at radius 3 is 3.00 bits per heavy atom. The van der Waals surface area contributed by atoms with Crippen molar-refractivity contribution in [1.82, 2.24) is 14.9 Å². The average molecular weight is 249 g/mol. The Bertz CT molecular complexity index is 459. The standard InChI is InChI=1S/C13H19N3S/c1-3-5-16-6-4-12(9-16)7-14-8-13-11(2)15-10-17-13/h4,6,9-10,14H,3,5,7-8H2,1-2H3. The lowest BCUT2D eigenvalue weighted by Gasteiger charge is -2.02. The molecule has 2 rings (SSSR count). The molecule has 0 aliphatic rings. The second-order valence-corrected chi connectivity index (χ2v) is 5.16. The van der Waals surface area contributed by atoms with Crippen LogP contribution in [0.4, 0.5) is 0 Å². The van der Waals surface area contributed by atoms with Gasteiger partial charge in [0, 0.05) is 36.9 Å². The normalized spacial score (nSPS) is 10.9. The monoisotopic (exact) mass is 249 g/mol. The van der Waals surface area contributed by atoms with Gasteiger partial charge >= 0.3 is 0 Å². The first-order chi connectivity index (χ1) is 8.29. The number of rotatable bonds is 6. The van der Waals surface area contributed by atoms with E-state index < -0.39 is 0 Å². The second kappa shape index (κ2) is 5.98. The molecular weight excluding hydrogens is 230 g/mol. The van der Waals surface area contributed by atoms with Gasteiger partial charge in [-0.3, -0.25) is 0 Å². The maximum absolute atomic E-state index is 4.25. The molecule has 0 bridgehead atoms. The highest BCUT2D eigenvalue weighted by atomic mass is 32.1. The number of hydrogen-bond acceptors (Lipinski definition) is 3. The minimum absolute atomic E-state index is 0.912. The van der Waals surface area contributed by atoms with Crippen LogP contribution in [0.1, 0.15) is 29.5 Å². The van der Waals surface area contributed by atoms with Crippen molar-refractivity contribution in [3.05, 3.63) is 40.1 Å². The van der Waals surface area contributed by atoms with E-state index in [-0.39, 0.29) is 0 Å². The van der Waals surface area contributed by atoms with Crippen molar-refractivity contribution in [3.63, 3.8) is 0 Å². The average Bonchev–Trinajstić information content (AvgIpc) is 2.90. The molecule has 0 aliphatic heterocycles. The summed E-state index contributed by atoms with van der Waals surface area (Å²) >= 11 is 1.72. The van der Waals surface area contributed by atoms with Gasteiger partial charge in [-0.2, -0.15) is 0 Å². The third-order valence-corrected chi connectivity index (χ3v) is 3.69. The van der Waals surface area contributed by atoms with Crippen LogP contribution in [-0.2, 0) is 19.6 Å². The van der Waals surface area contributed by atoms with E-state index in [9.17, 15) is 0 Å². The van der Waals surface area contributed by atoms with E-state index in [0.717, 1.165) is 25.3 Å². The van der Waals surface area contributed by atoms with Crippen LogP contribution in [0.15, 0.2) is 24.0 Å². The van der Waals surface area contributed by atoms with Gasteiger partial charge in [-0.15, -0.1) is 11.3 Å². The molecule has 4 heteroatoms. The third kappa shape index (κ3) is 3.41. The van der Waals surface area contributed by atoms with E-state index in [1.165, 1.54) is 16.9 Å². The number of thiazole rings is 1. The minimum Gasteiger partial charge on any atom is -0.354 e. The quantitative estimate of drug-likeness (QED) is 0.853. The molecule has 0 spiro atoms. The van der Waals surface area contributed by atoms with E-state index in [1.54, 1.807) is 11.3 Å². The highest BCUT2D eigenvalue weighted by Gasteiger charge is 2.01. The van der Waals surface area contributed by atoms with Crippen molar-refractivity contribution in [1.29, 1.82) is 0 Å². The van der Waals surface area contributed by atoms with Crippen LogP contribution in [0, 0.1) is 6.92 Å². The van der Waals surface area contributed by atoms with E-state index in [2.05, 4.69) is 47.2 Å². The Morgan fingerprint density at radius 2 is 2.29 bits per heavy atom. The van der Waals surface area contributed by atoms with E-state index in [1.807, 2.05) is 5.51 Å². The van der Waals surface area contributed by atoms with E-state index >= 15 is 0 Å². The molecule has 3 nitrogen and oxygen atoms in total.